The van der Waals surface area contributed by atoms with E-state index in [1.807, 2.05) is 49.4 Å². The molecule has 0 saturated carbocycles. The molecule has 1 N–H and O–H groups in total. The van der Waals surface area contributed by atoms with Gasteiger partial charge in [-0.05, 0) is 53.9 Å². The molecular weight excluding hydrogens is 512 g/mol. The number of hydrogen-bond donors (Lipinski definition) is 1. The molecular formula is C27H29BrN2O5. The number of esters is 1. The minimum Gasteiger partial charge on any atom is -0.493 e. The summed E-state index contributed by atoms with van der Waals surface area (Å²) >= 11 is 3.61. The van der Waals surface area contributed by atoms with E-state index in [0.717, 1.165) is 26.9 Å². The Balaban J connectivity index is 1.92. The fourth-order valence-corrected chi connectivity index (χ4v) is 4.91. The van der Waals surface area contributed by atoms with Gasteiger partial charge >= 0.3 is 5.97 Å². The van der Waals surface area contributed by atoms with Gasteiger partial charge in [-0.2, -0.15) is 0 Å². The van der Waals surface area contributed by atoms with Crippen molar-refractivity contribution in [3.05, 3.63) is 81.8 Å². The standard InChI is InChI=1S/C27H29BrN2O5/c1-5-35-24(31)16-30-25(17-9-7-6-8-10-17)20-15-19(28)11-12-21(20)29-27(30)18-13-22(32-2)26(34-4)23(14-18)33-3/h6-15,25,27,29H,5,16H2,1-4H3/t25-,27-/m0/s1. The number of nitrogens with zero attached hydrogens (tertiary/aromatic N) is 1. The summed E-state index contributed by atoms with van der Waals surface area (Å²) in [6, 6.07) is 19.9. The molecule has 0 aromatic heterocycles. The molecule has 7 nitrogen and oxygen atoms in total. The third-order valence-corrected chi connectivity index (χ3v) is 6.49. The van der Waals surface area contributed by atoms with Crippen molar-refractivity contribution in [1.29, 1.82) is 0 Å². The monoisotopic (exact) mass is 540 g/mol. The van der Waals surface area contributed by atoms with E-state index >= 15 is 0 Å². The lowest BCUT2D eigenvalue weighted by Gasteiger charge is -2.44. The number of hydrogen-bond acceptors (Lipinski definition) is 7. The van der Waals surface area contributed by atoms with Crippen LogP contribution >= 0.6 is 15.9 Å². The van der Waals surface area contributed by atoms with Crippen LogP contribution in [0.15, 0.2) is 65.1 Å². The fraction of sp³-hybridized carbons (Fsp3) is 0.296. The molecule has 1 aliphatic heterocycles. The van der Waals surface area contributed by atoms with Gasteiger partial charge in [0.2, 0.25) is 5.75 Å². The Morgan fingerprint density at radius 1 is 0.943 bits per heavy atom. The summed E-state index contributed by atoms with van der Waals surface area (Å²) < 4.78 is 23.1. The molecule has 0 bridgehead atoms. The zero-order valence-electron chi connectivity index (χ0n) is 20.2. The van der Waals surface area contributed by atoms with Crippen molar-refractivity contribution in [3.8, 4) is 17.2 Å². The van der Waals surface area contributed by atoms with Gasteiger partial charge in [0.1, 0.15) is 6.17 Å². The third kappa shape index (κ3) is 5.09. The van der Waals surface area contributed by atoms with Gasteiger partial charge < -0.3 is 24.3 Å². The van der Waals surface area contributed by atoms with E-state index < -0.39 is 0 Å². The highest BCUT2D eigenvalue weighted by atomic mass is 79.9. The molecule has 184 valence electrons. The number of carbonyl (C=O) groups excluding carboxylic acids is 1. The maximum absolute atomic E-state index is 12.8. The molecule has 35 heavy (non-hydrogen) atoms. The molecule has 0 fully saturated rings. The zero-order chi connectivity index (χ0) is 24.9. The SMILES string of the molecule is CCOC(=O)CN1[C@@H](c2ccccc2)c2cc(Br)ccc2N[C@@H]1c1cc(OC)c(OC)c(OC)c1. The Morgan fingerprint density at radius 2 is 1.63 bits per heavy atom. The predicted octanol–water partition coefficient (Wildman–Crippen LogP) is 5.55. The van der Waals surface area contributed by atoms with Crippen molar-refractivity contribution in [1.82, 2.24) is 4.90 Å². The van der Waals surface area contributed by atoms with Crippen molar-refractivity contribution in [2.24, 2.45) is 0 Å². The molecule has 1 heterocycles. The highest BCUT2D eigenvalue weighted by molar-refractivity contribution is 9.10. The van der Waals surface area contributed by atoms with E-state index in [-0.39, 0.29) is 24.7 Å². The van der Waals surface area contributed by atoms with E-state index in [9.17, 15) is 4.79 Å². The molecule has 0 saturated heterocycles. The summed E-state index contributed by atoms with van der Waals surface area (Å²) in [7, 11) is 4.75. The fourth-order valence-electron chi connectivity index (χ4n) is 4.53. The van der Waals surface area contributed by atoms with Gasteiger partial charge in [-0.3, -0.25) is 9.69 Å². The highest BCUT2D eigenvalue weighted by Crippen LogP contribution is 2.47. The van der Waals surface area contributed by atoms with Gasteiger partial charge in [0.05, 0.1) is 40.5 Å². The second-order valence-electron chi connectivity index (χ2n) is 8.03. The smallest absolute Gasteiger partial charge is 0.320 e. The number of carbonyl (C=O) groups is 1. The number of nitrogens with one attached hydrogen (secondary N) is 1. The zero-order valence-corrected chi connectivity index (χ0v) is 21.8. The Hall–Kier alpha value is -3.23. The predicted molar refractivity (Wildman–Crippen MR) is 138 cm³/mol. The molecule has 0 amide bonds. The molecule has 3 aromatic rings. The normalized spacial score (nSPS) is 17.2. The summed E-state index contributed by atoms with van der Waals surface area (Å²) in [4.78, 5) is 14.9. The second kappa shape index (κ2) is 11.0. The molecule has 0 spiro atoms. The van der Waals surface area contributed by atoms with Crippen molar-refractivity contribution >= 4 is 27.6 Å². The Kier molecular flexibility index (Phi) is 7.83. The highest BCUT2D eigenvalue weighted by Gasteiger charge is 2.38. The summed E-state index contributed by atoms with van der Waals surface area (Å²) in [5.74, 6) is 1.29. The third-order valence-electron chi connectivity index (χ3n) is 6.00. The topological polar surface area (TPSA) is 69.3 Å². The maximum Gasteiger partial charge on any atom is 0.320 e. The first kappa shape index (κ1) is 24.9. The first-order valence-electron chi connectivity index (χ1n) is 11.3. The lowest BCUT2D eigenvalue weighted by atomic mass is 9.91. The molecule has 3 aromatic carbocycles. The van der Waals surface area contributed by atoms with Crippen LogP contribution in [0.5, 0.6) is 17.2 Å². The van der Waals surface area contributed by atoms with Gasteiger partial charge in [0.25, 0.3) is 0 Å². The lowest BCUT2D eigenvalue weighted by Crippen LogP contribution is -2.44. The van der Waals surface area contributed by atoms with Crippen LogP contribution in [0.3, 0.4) is 0 Å². The van der Waals surface area contributed by atoms with Gasteiger partial charge in [0.15, 0.2) is 11.5 Å². The molecule has 0 aliphatic carbocycles. The van der Waals surface area contributed by atoms with E-state index in [0.29, 0.717) is 23.9 Å². The lowest BCUT2D eigenvalue weighted by molar-refractivity contribution is -0.145. The molecule has 0 radical (unpaired) electrons. The largest absolute Gasteiger partial charge is 0.493 e. The van der Waals surface area contributed by atoms with Crippen molar-refractivity contribution in [2.45, 2.75) is 19.1 Å². The number of rotatable bonds is 8. The molecule has 1 aliphatic rings. The van der Waals surface area contributed by atoms with Crippen LogP contribution in [0.4, 0.5) is 5.69 Å². The van der Waals surface area contributed by atoms with Gasteiger partial charge in [-0.15, -0.1) is 0 Å². The van der Waals surface area contributed by atoms with Crippen LogP contribution in [-0.2, 0) is 9.53 Å². The quantitative estimate of drug-likeness (QED) is 0.375. The Labute approximate surface area is 214 Å². The number of anilines is 1. The number of ether oxygens (including phenoxy) is 4. The number of methoxy groups -OCH3 is 3. The molecule has 0 unspecified atom stereocenters. The summed E-state index contributed by atoms with van der Waals surface area (Å²) in [5.41, 5.74) is 3.95. The van der Waals surface area contributed by atoms with Gasteiger partial charge in [-0.25, -0.2) is 0 Å². The van der Waals surface area contributed by atoms with Crippen LogP contribution in [0, 0.1) is 0 Å². The van der Waals surface area contributed by atoms with Crippen LogP contribution in [0.2, 0.25) is 0 Å². The van der Waals surface area contributed by atoms with Crippen LogP contribution in [-0.4, -0.2) is 45.4 Å². The summed E-state index contributed by atoms with van der Waals surface area (Å²) in [6.07, 6.45) is -0.382. The average molecular weight is 541 g/mol. The van der Waals surface area contributed by atoms with E-state index in [4.69, 9.17) is 18.9 Å². The van der Waals surface area contributed by atoms with E-state index in [1.165, 1.54) is 0 Å². The number of halogens is 1. The summed E-state index contributed by atoms with van der Waals surface area (Å²) in [6.45, 7) is 2.20. The molecule has 8 heteroatoms. The minimum absolute atomic E-state index is 0.0771. The minimum atomic E-state index is -0.382. The molecule has 2 atom stereocenters. The van der Waals surface area contributed by atoms with Crippen molar-refractivity contribution in [2.75, 3.05) is 39.8 Å². The van der Waals surface area contributed by atoms with Crippen LogP contribution in [0.1, 0.15) is 35.8 Å². The average Bonchev–Trinajstić information content (AvgIpc) is 2.88. The maximum atomic E-state index is 12.8. The van der Waals surface area contributed by atoms with Crippen molar-refractivity contribution < 1.29 is 23.7 Å². The van der Waals surface area contributed by atoms with Crippen molar-refractivity contribution in [3.63, 3.8) is 0 Å². The Morgan fingerprint density at radius 3 is 2.23 bits per heavy atom. The summed E-state index contributed by atoms with van der Waals surface area (Å²) in [5, 5.41) is 3.62. The number of benzene rings is 3. The van der Waals surface area contributed by atoms with Crippen LogP contribution < -0.4 is 19.5 Å². The van der Waals surface area contributed by atoms with E-state index in [2.05, 4.69) is 44.3 Å². The first-order chi connectivity index (χ1) is 17.0. The van der Waals surface area contributed by atoms with Crippen LogP contribution in [0.25, 0.3) is 0 Å². The van der Waals surface area contributed by atoms with Gasteiger partial charge in [0, 0.05) is 10.2 Å². The van der Waals surface area contributed by atoms with Gasteiger partial charge in [-0.1, -0.05) is 46.3 Å². The molecule has 4 rings (SSSR count). The van der Waals surface area contributed by atoms with E-state index in [1.54, 1.807) is 21.3 Å². The number of fused-ring (bicyclic) bond motifs is 1. The second-order valence-corrected chi connectivity index (χ2v) is 8.94. The Bertz CT molecular complexity index is 1160. The first-order valence-corrected chi connectivity index (χ1v) is 12.1.